The van der Waals surface area contributed by atoms with Gasteiger partial charge in [-0.1, -0.05) is 18.2 Å². The van der Waals surface area contributed by atoms with E-state index >= 15 is 0 Å². The number of ether oxygens (including phenoxy) is 1. The predicted octanol–water partition coefficient (Wildman–Crippen LogP) is 2.92. The minimum atomic E-state index is -3.63. The number of hydrogen-bond acceptors (Lipinski definition) is 5. The number of pyridine rings is 1. The van der Waals surface area contributed by atoms with Crippen LogP contribution in [-0.4, -0.2) is 31.6 Å². The zero-order valence-electron chi connectivity index (χ0n) is 14.2. The van der Waals surface area contributed by atoms with E-state index in [0.29, 0.717) is 24.9 Å². The molecule has 1 aliphatic carbocycles. The minimum absolute atomic E-state index is 0.130. The van der Waals surface area contributed by atoms with Gasteiger partial charge in [0.2, 0.25) is 10.0 Å². The van der Waals surface area contributed by atoms with Crippen LogP contribution >= 0.6 is 0 Å². The summed E-state index contributed by atoms with van der Waals surface area (Å²) in [6.07, 6.45) is 4.63. The van der Waals surface area contributed by atoms with Gasteiger partial charge in [-0.2, -0.15) is 0 Å². The molecule has 1 aliphatic rings. The second-order valence-corrected chi connectivity index (χ2v) is 7.91. The van der Waals surface area contributed by atoms with Gasteiger partial charge in [-0.05, 0) is 43.5 Å². The first-order valence-electron chi connectivity index (χ1n) is 8.48. The van der Waals surface area contributed by atoms with Crippen molar-refractivity contribution in [1.82, 2.24) is 9.71 Å². The number of hydrogen-bond donors (Lipinski definition) is 2. The monoisotopic (exact) mass is 375 g/mol. The van der Waals surface area contributed by atoms with E-state index in [9.17, 15) is 13.2 Å². The van der Waals surface area contributed by atoms with E-state index in [1.165, 1.54) is 18.5 Å². The Morgan fingerprint density at radius 1 is 1.12 bits per heavy atom. The van der Waals surface area contributed by atoms with Crippen LogP contribution in [0.15, 0.2) is 59.8 Å². The molecule has 0 radical (unpaired) electrons. The Balaban J connectivity index is 1.55. The lowest BCUT2D eigenvalue weighted by Gasteiger charge is -2.29. The molecule has 0 spiro atoms. The topological polar surface area (TPSA) is 97.4 Å². The van der Waals surface area contributed by atoms with Gasteiger partial charge in [0, 0.05) is 30.5 Å². The lowest BCUT2D eigenvalue weighted by atomic mass is 9.94. The van der Waals surface area contributed by atoms with E-state index in [1.54, 1.807) is 18.2 Å². The normalized spacial score (nSPS) is 20.3. The Morgan fingerprint density at radius 2 is 1.92 bits per heavy atom. The van der Waals surface area contributed by atoms with Gasteiger partial charge in [-0.25, -0.2) is 17.9 Å². The summed E-state index contributed by atoms with van der Waals surface area (Å²) >= 11 is 0. The predicted molar refractivity (Wildman–Crippen MR) is 97.1 cm³/mol. The van der Waals surface area contributed by atoms with Crippen molar-refractivity contribution in [3.63, 3.8) is 0 Å². The average molecular weight is 375 g/mol. The van der Waals surface area contributed by atoms with Crippen LogP contribution in [0, 0.1) is 0 Å². The van der Waals surface area contributed by atoms with E-state index in [1.807, 2.05) is 18.2 Å². The van der Waals surface area contributed by atoms with E-state index in [4.69, 9.17) is 4.74 Å². The number of para-hydroxylation sites is 1. The molecule has 1 fully saturated rings. The largest absolute Gasteiger partial charge is 0.446 e. The summed E-state index contributed by atoms with van der Waals surface area (Å²) in [6.45, 7) is 0. The minimum Gasteiger partial charge on any atom is -0.446 e. The Bertz CT molecular complexity index is 828. The van der Waals surface area contributed by atoms with Crippen LogP contribution in [0.5, 0.6) is 0 Å². The van der Waals surface area contributed by atoms with Crippen molar-refractivity contribution in [2.24, 2.45) is 0 Å². The molecule has 1 amide bonds. The molecular weight excluding hydrogens is 354 g/mol. The summed E-state index contributed by atoms with van der Waals surface area (Å²) in [4.78, 5) is 16.0. The van der Waals surface area contributed by atoms with Crippen LogP contribution in [0.25, 0.3) is 0 Å². The Labute approximate surface area is 152 Å². The molecule has 1 saturated carbocycles. The average Bonchev–Trinajstić information content (AvgIpc) is 2.63. The smallest absolute Gasteiger partial charge is 0.411 e. The fourth-order valence-electron chi connectivity index (χ4n) is 2.97. The second kappa shape index (κ2) is 8.29. The Morgan fingerprint density at radius 3 is 2.65 bits per heavy atom. The highest BCUT2D eigenvalue weighted by Gasteiger charge is 2.28. The van der Waals surface area contributed by atoms with Crippen molar-refractivity contribution in [1.29, 1.82) is 0 Å². The lowest BCUT2D eigenvalue weighted by Crippen LogP contribution is -2.41. The van der Waals surface area contributed by atoms with E-state index in [-0.39, 0.29) is 17.0 Å². The number of amides is 1. The summed E-state index contributed by atoms with van der Waals surface area (Å²) in [5.41, 5.74) is 0.655. The van der Waals surface area contributed by atoms with Gasteiger partial charge >= 0.3 is 6.09 Å². The maximum absolute atomic E-state index is 12.4. The Kier molecular flexibility index (Phi) is 5.85. The van der Waals surface area contributed by atoms with Gasteiger partial charge in [0.1, 0.15) is 11.0 Å². The zero-order chi connectivity index (χ0) is 18.4. The highest BCUT2D eigenvalue weighted by Crippen LogP contribution is 2.23. The van der Waals surface area contributed by atoms with E-state index in [0.717, 1.165) is 6.42 Å². The number of aromatic nitrogens is 1. The molecule has 2 atom stereocenters. The maximum atomic E-state index is 12.4. The molecule has 2 N–H and O–H groups in total. The number of carbonyl (C=O) groups is 1. The third kappa shape index (κ3) is 5.03. The SMILES string of the molecule is O=C(Nc1ccccc1)OC1CCCC(NS(=O)(=O)c2cccnc2)C1. The summed E-state index contributed by atoms with van der Waals surface area (Å²) in [6, 6.07) is 11.8. The number of nitrogens with zero attached hydrogens (tertiary/aromatic N) is 1. The Hall–Kier alpha value is -2.45. The van der Waals surface area contributed by atoms with Gasteiger partial charge in [-0.3, -0.25) is 10.3 Å². The number of sulfonamides is 1. The van der Waals surface area contributed by atoms with Crippen molar-refractivity contribution >= 4 is 21.8 Å². The quantitative estimate of drug-likeness (QED) is 0.837. The van der Waals surface area contributed by atoms with Crippen LogP contribution in [0.1, 0.15) is 25.7 Å². The third-order valence-corrected chi connectivity index (χ3v) is 5.69. The maximum Gasteiger partial charge on any atom is 0.411 e. The molecule has 1 aromatic carbocycles. The number of carbonyl (C=O) groups excluding carboxylic acids is 1. The van der Waals surface area contributed by atoms with Gasteiger partial charge in [-0.15, -0.1) is 0 Å². The lowest BCUT2D eigenvalue weighted by molar-refractivity contribution is 0.0793. The van der Waals surface area contributed by atoms with Crippen molar-refractivity contribution in [3.8, 4) is 0 Å². The molecule has 0 bridgehead atoms. The molecular formula is C18H21N3O4S. The first-order valence-corrected chi connectivity index (χ1v) is 9.96. The van der Waals surface area contributed by atoms with Crippen molar-refractivity contribution in [2.45, 2.75) is 42.7 Å². The van der Waals surface area contributed by atoms with Crippen LogP contribution in [0.2, 0.25) is 0 Å². The summed E-state index contributed by atoms with van der Waals surface area (Å²) < 4.78 is 32.9. The van der Waals surface area contributed by atoms with Gasteiger partial charge < -0.3 is 4.74 Å². The molecule has 7 nitrogen and oxygen atoms in total. The van der Waals surface area contributed by atoms with Crippen LogP contribution in [0.4, 0.5) is 10.5 Å². The van der Waals surface area contributed by atoms with Gasteiger partial charge in [0.15, 0.2) is 0 Å². The highest BCUT2D eigenvalue weighted by atomic mass is 32.2. The molecule has 26 heavy (non-hydrogen) atoms. The summed E-state index contributed by atoms with van der Waals surface area (Å²) in [5.74, 6) is 0. The molecule has 1 aromatic heterocycles. The molecule has 2 unspecified atom stereocenters. The molecule has 3 rings (SSSR count). The first-order chi connectivity index (χ1) is 12.5. The molecule has 138 valence electrons. The van der Waals surface area contributed by atoms with Crippen molar-refractivity contribution in [3.05, 3.63) is 54.9 Å². The molecule has 8 heteroatoms. The van der Waals surface area contributed by atoms with Gasteiger partial charge in [0.05, 0.1) is 0 Å². The molecule has 2 aromatic rings. The highest BCUT2D eigenvalue weighted by molar-refractivity contribution is 7.89. The number of anilines is 1. The molecule has 0 saturated heterocycles. The summed E-state index contributed by atoms with van der Waals surface area (Å²) in [5, 5.41) is 2.67. The van der Waals surface area contributed by atoms with Crippen LogP contribution < -0.4 is 10.0 Å². The zero-order valence-corrected chi connectivity index (χ0v) is 15.0. The van der Waals surface area contributed by atoms with Crippen molar-refractivity contribution in [2.75, 3.05) is 5.32 Å². The first kappa shape index (κ1) is 18.3. The molecule has 1 heterocycles. The second-order valence-electron chi connectivity index (χ2n) is 6.19. The van der Waals surface area contributed by atoms with Gasteiger partial charge in [0.25, 0.3) is 0 Å². The van der Waals surface area contributed by atoms with Crippen molar-refractivity contribution < 1.29 is 17.9 Å². The number of benzene rings is 1. The van der Waals surface area contributed by atoms with E-state index in [2.05, 4.69) is 15.0 Å². The third-order valence-electron chi connectivity index (χ3n) is 4.19. The van der Waals surface area contributed by atoms with Crippen LogP contribution in [0.3, 0.4) is 0 Å². The van der Waals surface area contributed by atoms with Crippen LogP contribution in [-0.2, 0) is 14.8 Å². The standard InChI is InChI=1S/C18H21N3O4S/c22-18(20-14-6-2-1-3-7-14)25-16-9-4-8-15(12-16)21-26(23,24)17-10-5-11-19-13-17/h1-3,5-7,10-11,13,15-16,21H,4,8-9,12H2,(H,20,22). The fraction of sp³-hybridized carbons (Fsp3) is 0.333. The summed E-state index contributed by atoms with van der Waals surface area (Å²) in [7, 11) is -3.63. The number of rotatable bonds is 5. The molecule has 0 aliphatic heterocycles. The fourth-order valence-corrected chi connectivity index (χ4v) is 4.22. The van der Waals surface area contributed by atoms with E-state index < -0.39 is 16.1 Å². The number of nitrogens with one attached hydrogen (secondary N) is 2.